The summed E-state index contributed by atoms with van der Waals surface area (Å²) in [6.45, 7) is 1.88. The summed E-state index contributed by atoms with van der Waals surface area (Å²) in [5.41, 5.74) is 6.34. The van der Waals surface area contributed by atoms with Gasteiger partial charge < -0.3 is 4.74 Å². The van der Waals surface area contributed by atoms with E-state index in [0.29, 0.717) is 17.1 Å². The van der Waals surface area contributed by atoms with E-state index in [-0.39, 0.29) is 5.56 Å². The number of hydrogen-bond donors (Lipinski definition) is 0. The highest BCUT2D eigenvalue weighted by Gasteiger charge is 2.16. The number of aromatic nitrogens is 3. The van der Waals surface area contributed by atoms with E-state index < -0.39 is 0 Å². The van der Waals surface area contributed by atoms with Crippen LogP contribution in [0.5, 0.6) is 5.75 Å². The lowest BCUT2D eigenvalue weighted by Gasteiger charge is -2.15. The Labute approximate surface area is 232 Å². The van der Waals surface area contributed by atoms with E-state index >= 15 is 0 Å². The maximum atomic E-state index is 14.1. The van der Waals surface area contributed by atoms with Gasteiger partial charge in [0.15, 0.2) is 0 Å². The normalized spacial score (nSPS) is 11.2. The first-order valence-corrected chi connectivity index (χ1v) is 13.1. The molecule has 0 amide bonds. The zero-order valence-corrected chi connectivity index (χ0v) is 22.3. The molecule has 0 aliphatic heterocycles. The minimum Gasteiger partial charge on any atom is -0.497 e. The van der Waals surface area contributed by atoms with Crippen LogP contribution in [0, 0.1) is 6.92 Å². The van der Waals surface area contributed by atoms with E-state index in [9.17, 15) is 4.79 Å². The van der Waals surface area contributed by atoms with Crippen LogP contribution in [0.3, 0.4) is 0 Å². The number of nitrogens with zero attached hydrogens (tertiary/aromatic N) is 3. The Morgan fingerprint density at radius 3 is 2.05 bits per heavy atom. The van der Waals surface area contributed by atoms with E-state index in [0.717, 1.165) is 44.7 Å². The van der Waals surface area contributed by atoms with Crippen molar-refractivity contribution >= 4 is 23.1 Å². The fourth-order valence-corrected chi connectivity index (χ4v) is 4.86. The van der Waals surface area contributed by atoms with Crippen LogP contribution >= 0.6 is 0 Å². The predicted molar refractivity (Wildman–Crippen MR) is 163 cm³/mol. The fourth-order valence-electron chi connectivity index (χ4n) is 4.86. The first kappa shape index (κ1) is 25.0. The van der Waals surface area contributed by atoms with Crippen LogP contribution in [0.4, 0.5) is 0 Å². The zero-order chi connectivity index (χ0) is 27.5. The summed E-state index contributed by atoms with van der Waals surface area (Å²) in [5, 5.41) is 0.935. The Morgan fingerprint density at radius 1 is 0.725 bits per heavy atom. The average Bonchev–Trinajstić information content (AvgIpc) is 3.01. The quantitative estimate of drug-likeness (QED) is 0.226. The second-order valence-electron chi connectivity index (χ2n) is 9.46. The summed E-state index contributed by atoms with van der Waals surface area (Å²) in [4.78, 5) is 23.9. The smallest absolute Gasteiger partial charge is 0.265 e. The van der Waals surface area contributed by atoms with E-state index in [4.69, 9.17) is 14.7 Å². The van der Waals surface area contributed by atoms with Crippen molar-refractivity contribution in [3.63, 3.8) is 0 Å². The van der Waals surface area contributed by atoms with Crippen molar-refractivity contribution in [3.05, 3.63) is 142 Å². The van der Waals surface area contributed by atoms with Gasteiger partial charge in [0.25, 0.3) is 5.56 Å². The Hall–Kier alpha value is -5.29. The lowest BCUT2D eigenvalue weighted by molar-refractivity contribution is 0.415. The fraction of sp³-hybridized carbons (Fsp3) is 0.0571. The molecule has 6 rings (SSSR count). The molecule has 0 aliphatic carbocycles. The molecule has 2 heterocycles. The number of benzene rings is 4. The molecule has 5 nitrogen and oxygen atoms in total. The summed E-state index contributed by atoms with van der Waals surface area (Å²) in [6, 6.07) is 37.4. The third-order valence-electron chi connectivity index (χ3n) is 6.90. The molecule has 6 aromatic rings. The van der Waals surface area contributed by atoms with Gasteiger partial charge in [-0.05, 0) is 55.0 Å². The van der Waals surface area contributed by atoms with Crippen LogP contribution in [-0.4, -0.2) is 21.6 Å². The maximum Gasteiger partial charge on any atom is 0.265 e. The number of aryl methyl sites for hydroxylation is 1. The second kappa shape index (κ2) is 10.8. The van der Waals surface area contributed by atoms with Crippen molar-refractivity contribution in [2.45, 2.75) is 6.92 Å². The molecular weight excluding hydrogens is 494 g/mol. The third kappa shape index (κ3) is 4.81. The predicted octanol–water partition coefficient (Wildman–Crippen LogP) is 7.60. The third-order valence-corrected chi connectivity index (χ3v) is 6.90. The minimum absolute atomic E-state index is 0.131. The van der Waals surface area contributed by atoms with Crippen molar-refractivity contribution in [2.75, 3.05) is 7.11 Å². The lowest BCUT2D eigenvalue weighted by Crippen LogP contribution is -2.25. The van der Waals surface area contributed by atoms with Gasteiger partial charge in [-0.25, -0.2) is 9.97 Å². The molecule has 0 radical (unpaired) electrons. The highest BCUT2D eigenvalue weighted by atomic mass is 16.5. The summed E-state index contributed by atoms with van der Waals surface area (Å²) < 4.78 is 7.18. The number of ether oxygens (including phenoxy) is 1. The van der Waals surface area contributed by atoms with Crippen molar-refractivity contribution < 1.29 is 4.74 Å². The molecule has 0 saturated heterocycles. The van der Waals surface area contributed by atoms with Crippen LogP contribution < -0.4 is 10.3 Å². The molecule has 4 aromatic carbocycles. The number of rotatable bonds is 6. The molecule has 0 spiro atoms. The van der Waals surface area contributed by atoms with Crippen molar-refractivity contribution in [1.82, 2.24) is 14.5 Å². The highest BCUT2D eigenvalue weighted by molar-refractivity contribution is 5.93. The molecule has 40 heavy (non-hydrogen) atoms. The second-order valence-corrected chi connectivity index (χ2v) is 9.46. The molecular formula is C35H27N3O2. The van der Waals surface area contributed by atoms with Gasteiger partial charge in [-0.15, -0.1) is 0 Å². The molecule has 0 N–H and O–H groups in total. The Balaban J connectivity index is 1.55. The summed E-state index contributed by atoms with van der Waals surface area (Å²) in [5.74, 6) is 1.35. The minimum atomic E-state index is -0.131. The average molecular weight is 522 g/mol. The molecule has 0 bridgehead atoms. The van der Waals surface area contributed by atoms with Crippen LogP contribution in [0.2, 0.25) is 0 Å². The molecule has 0 fully saturated rings. The van der Waals surface area contributed by atoms with Gasteiger partial charge >= 0.3 is 0 Å². The van der Waals surface area contributed by atoms with Gasteiger partial charge in [-0.3, -0.25) is 9.36 Å². The van der Waals surface area contributed by atoms with Gasteiger partial charge in [0, 0.05) is 16.5 Å². The maximum absolute atomic E-state index is 14.1. The van der Waals surface area contributed by atoms with Crippen molar-refractivity contribution in [2.24, 2.45) is 0 Å². The topological polar surface area (TPSA) is 57.0 Å². The van der Waals surface area contributed by atoms with Crippen molar-refractivity contribution in [1.29, 1.82) is 0 Å². The van der Waals surface area contributed by atoms with Gasteiger partial charge in [0.2, 0.25) is 0 Å². The van der Waals surface area contributed by atoms with E-state index in [2.05, 4.69) is 0 Å². The van der Waals surface area contributed by atoms with Crippen LogP contribution in [-0.2, 0) is 0 Å². The highest BCUT2D eigenvalue weighted by Crippen LogP contribution is 2.29. The van der Waals surface area contributed by atoms with Crippen molar-refractivity contribution in [3.8, 4) is 34.1 Å². The van der Waals surface area contributed by atoms with Crippen LogP contribution in [0.1, 0.15) is 16.8 Å². The van der Waals surface area contributed by atoms with Gasteiger partial charge in [0.05, 0.1) is 35.3 Å². The van der Waals surface area contributed by atoms with Gasteiger partial charge in [0.1, 0.15) is 11.6 Å². The summed E-state index contributed by atoms with van der Waals surface area (Å²) >= 11 is 0. The molecule has 5 heteroatoms. The van der Waals surface area contributed by atoms with Crippen LogP contribution in [0.15, 0.2) is 120 Å². The Kier molecular flexibility index (Phi) is 6.77. The van der Waals surface area contributed by atoms with E-state index in [1.54, 1.807) is 11.7 Å². The van der Waals surface area contributed by atoms with Crippen LogP contribution in [0.25, 0.3) is 51.4 Å². The largest absolute Gasteiger partial charge is 0.497 e. The molecule has 0 saturated carbocycles. The van der Waals surface area contributed by atoms with E-state index in [1.165, 1.54) is 0 Å². The summed E-state index contributed by atoms with van der Waals surface area (Å²) in [6.07, 6.45) is 3.83. The number of methoxy groups -OCH3 is 1. The van der Waals surface area contributed by atoms with Gasteiger partial charge in [-0.1, -0.05) is 84.9 Å². The van der Waals surface area contributed by atoms with E-state index in [1.807, 2.05) is 134 Å². The molecule has 2 aromatic heterocycles. The molecule has 0 atom stereocenters. The van der Waals surface area contributed by atoms with Gasteiger partial charge in [-0.2, -0.15) is 0 Å². The Morgan fingerprint density at radius 2 is 1.38 bits per heavy atom. The zero-order valence-electron chi connectivity index (χ0n) is 22.3. The Bertz CT molecular complexity index is 1900. The molecule has 194 valence electrons. The first-order valence-electron chi connectivity index (χ1n) is 13.1. The first-order chi connectivity index (χ1) is 19.6. The molecule has 0 unspecified atom stereocenters. The number of para-hydroxylation sites is 1. The summed E-state index contributed by atoms with van der Waals surface area (Å²) in [7, 11) is 1.65. The standard InChI is InChI=1S/C35H27N3O2/c1-24-30(35(39)38(28-16-10-5-11-17-28)34(36-24)26-14-8-4-9-15-26)20-18-27-22-33(25-12-6-3-7-13-25)37-32-21-19-29(40-2)23-31(27)32/h3-23H,1-2H3/b20-18+. The number of fused-ring (bicyclic) bond motifs is 1. The monoisotopic (exact) mass is 521 g/mol. The SMILES string of the molecule is COc1ccc2nc(-c3ccccc3)cc(/C=C/c3c(C)nc(-c4ccccc4)n(-c4ccccc4)c3=O)c2c1. The number of hydrogen-bond acceptors (Lipinski definition) is 4. The molecule has 0 aliphatic rings. The number of pyridine rings is 1. The lowest BCUT2D eigenvalue weighted by atomic mass is 10.0.